The minimum atomic E-state index is -0.991. The Kier molecular flexibility index (Phi) is 16.1. The Balaban J connectivity index is 1.76. The highest BCUT2D eigenvalue weighted by Crippen LogP contribution is 2.21. The van der Waals surface area contributed by atoms with Crippen LogP contribution in [0, 0.1) is 5.92 Å². The van der Waals surface area contributed by atoms with E-state index in [0.717, 1.165) is 24.1 Å². The first-order valence-corrected chi connectivity index (χ1v) is 17.5. The number of amides is 4. The van der Waals surface area contributed by atoms with Gasteiger partial charge < -0.3 is 42.7 Å². The van der Waals surface area contributed by atoms with Gasteiger partial charge >= 0.3 is 0 Å². The van der Waals surface area contributed by atoms with Gasteiger partial charge in [-0.2, -0.15) is 0 Å². The van der Waals surface area contributed by atoms with Crippen LogP contribution < -0.4 is 32.7 Å². The van der Waals surface area contributed by atoms with Crippen LogP contribution in [0.4, 0.5) is 0 Å². The van der Waals surface area contributed by atoms with Crippen molar-refractivity contribution in [2.24, 2.45) is 17.4 Å². The summed E-state index contributed by atoms with van der Waals surface area (Å²) in [4.78, 5) is 56.5. The quantitative estimate of drug-likeness (QED) is 0.107. The molecule has 1 aliphatic rings. The lowest BCUT2D eigenvalue weighted by Gasteiger charge is -2.39. The van der Waals surface area contributed by atoms with Gasteiger partial charge in [0.05, 0.1) is 12.6 Å². The van der Waals surface area contributed by atoms with E-state index in [0.29, 0.717) is 51.6 Å². The zero-order chi connectivity index (χ0) is 35.8. The molecule has 1 fully saturated rings. The third-order valence-electron chi connectivity index (χ3n) is 9.06. The molecule has 0 aromatic heterocycles. The molecule has 2 aromatic carbocycles. The van der Waals surface area contributed by atoms with Crippen LogP contribution in [0.5, 0.6) is 0 Å². The summed E-state index contributed by atoms with van der Waals surface area (Å²) in [5, 5.41) is 21.5. The zero-order valence-corrected chi connectivity index (χ0v) is 29.3. The van der Waals surface area contributed by atoms with Crippen LogP contribution in [0.3, 0.4) is 0 Å². The van der Waals surface area contributed by atoms with Crippen molar-refractivity contribution >= 4 is 23.6 Å². The van der Waals surface area contributed by atoms with Gasteiger partial charge in [-0.05, 0) is 75.6 Å². The van der Waals surface area contributed by atoms with Crippen LogP contribution in [0.1, 0.15) is 63.5 Å². The van der Waals surface area contributed by atoms with Gasteiger partial charge in [-0.3, -0.25) is 19.2 Å². The van der Waals surface area contributed by atoms with E-state index >= 15 is 0 Å². The van der Waals surface area contributed by atoms with E-state index < -0.39 is 47.4 Å². The number of hydrogen-bond acceptors (Lipinski definition) is 8. The molecular weight excluding hydrogens is 622 g/mol. The smallest absolute Gasteiger partial charge is 0.245 e. The molecule has 270 valence electrons. The zero-order valence-electron chi connectivity index (χ0n) is 29.3. The Hall–Kier alpha value is -3.84. The van der Waals surface area contributed by atoms with Gasteiger partial charge in [-0.25, -0.2) is 0 Å². The number of rotatable bonds is 19. The number of nitrogens with two attached hydrogens (primary N) is 2. The lowest BCUT2D eigenvalue weighted by molar-refractivity contribution is -0.139. The van der Waals surface area contributed by atoms with Crippen molar-refractivity contribution in [3.8, 4) is 0 Å². The summed E-state index contributed by atoms with van der Waals surface area (Å²) < 4.78 is 0. The normalized spacial score (nSPS) is 16.7. The molecule has 12 heteroatoms. The monoisotopic (exact) mass is 679 g/mol. The Morgan fingerprint density at radius 2 is 1.33 bits per heavy atom. The van der Waals surface area contributed by atoms with Crippen LogP contribution in [0.15, 0.2) is 60.7 Å². The summed E-state index contributed by atoms with van der Waals surface area (Å²) in [5.41, 5.74) is 13.5. The van der Waals surface area contributed by atoms with Crippen molar-refractivity contribution < 1.29 is 24.3 Å². The number of unbranched alkanes of at least 4 members (excludes halogenated alkanes) is 1. The van der Waals surface area contributed by atoms with Gasteiger partial charge in [-0.15, -0.1) is 0 Å². The number of aliphatic hydroxyl groups is 1. The fraction of sp³-hybridized carbons (Fsp3) is 0.568. The summed E-state index contributed by atoms with van der Waals surface area (Å²) in [7, 11) is 1.86. The molecule has 0 radical (unpaired) electrons. The van der Waals surface area contributed by atoms with E-state index in [1.807, 2.05) is 81.6 Å². The number of nitrogens with one attached hydrogen (secondary N) is 4. The Morgan fingerprint density at radius 3 is 1.88 bits per heavy atom. The summed E-state index contributed by atoms with van der Waals surface area (Å²) >= 11 is 0. The van der Waals surface area contributed by atoms with Crippen LogP contribution in [-0.4, -0.2) is 96.6 Å². The molecule has 4 amide bonds. The van der Waals surface area contributed by atoms with Gasteiger partial charge in [0.15, 0.2) is 0 Å². The van der Waals surface area contributed by atoms with Crippen molar-refractivity contribution in [3.63, 3.8) is 0 Å². The molecule has 2 aromatic rings. The molecular formula is C37H57N7O5. The Morgan fingerprint density at radius 1 is 0.796 bits per heavy atom. The van der Waals surface area contributed by atoms with E-state index in [2.05, 4.69) is 21.3 Å². The number of nitrogens with zero attached hydrogens (tertiary/aromatic N) is 1. The van der Waals surface area contributed by atoms with Gasteiger partial charge in [0.25, 0.3) is 0 Å². The largest absolute Gasteiger partial charge is 0.394 e. The molecule has 0 bridgehead atoms. The Labute approximate surface area is 291 Å². The number of likely N-dealkylation sites (tertiary alicyclic amines) is 1. The molecule has 0 unspecified atom stereocenters. The predicted octanol–water partition coefficient (Wildman–Crippen LogP) is 1.00. The lowest BCUT2D eigenvalue weighted by Crippen LogP contribution is -2.60. The average Bonchev–Trinajstić information content (AvgIpc) is 3.09. The highest BCUT2D eigenvalue weighted by molar-refractivity contribution is 5.95. The van der Waals surface area contributed by atoms with E-state index in [1.54, 1.807) is 4.90 Å². The fourth-order valence-corrected chi connectivity index (χ4v) is 6.00. The SMILES string of the molecule is CNCCCC[C@@H](NC(=O)[C@@H](CC(C)C)NC(=O)[C@@H](Cc1ccccc1)NC(=O)[C@H](N)Cc1ccccc1)C(=O)N1CCC(N)(CO)CC1. The van der Waals surface area contributed by atoms with Gasteiger partial charge in [0.1, 0.15) is 18.1 Å². The van der Waals surface area contributed by atoms with E-state index in [4.69, 9.17) is 11.5 Å². The molecule has 0 aliphatic carbocycles. The highest BCUT2D eigenvalue weighted by atomic mass is 16.3. The summed E-state index contributed by atoms with van der Waals surface area (Å²) in [6.45, 7) is 5.30. The van der Waals surface area contributed by atoms with E-state index in [9.17, 15) is 24.3 Å². The third kappa shape index (κ3) is 13.2. The van der Waals surface area contributed by atoms with Gasteiger partial charge in [-0.1, -0.05) is 74.5 Å². The second-order valence-electron chi connectivity index (χ2n) is 13.7. The molecule has 12 nitrogen and oxygen atoms in total. The van der Waals surface area contributed by atoms with Crippen molar-refractivity contribution in [2.45, 2.75) is 94.9 Å². The van der Waals surface area contributed by atoms with Crippen LogP contribution >= 0.6 is 0 Å². The van der Waals surface area contributed by atoms with Crippen molar-refractivity contribution in [2.75, 3.05) is 33.3 Å². The second kappa shape index (κ2) is 20.0. The molecule has 49 heavy (non-hydrogen) atoms. The molecule has 1 saturated heterocycles. The lowest BCUT2D eigenvalue weighted by atomic mass is 9.89. The molecule has 1 aliphatic heterocycles. The Bertz CT molecular complexity index is 1320. The standard InChI is InChI=1S/C37H57N7O5/c1-26(2)22-31(34(47)41-30(16-10-11-19-40-3)36(49)44-20-17-37(39,25-45)18-21-44)43-35(48)32(24-28-14-8-5-9-15-28)42-33(46)29(38)23-27-12-6-4-7-13-27/h4-9,12-15,26,29-32,40,45H,10-11,16-25,38-39H2,1-3H3,(H,41,47)(H,42,46)(H,43,48)/t29-,30-,31-,32-/m1/s1. The summed E-state index contributed by atoms with van der Waals surface area (Å²) in [6.07, 6.45) is 3.72. The maximum Gasteiger partial charge on any atom is 0.245 e. The molecule has 0 saturated carbocycles. The maximum atomic E-state index is 13.9. The number of aliphatic hydroxyl groups excluding tert-OH is 1. The first-order chi connectivity index (χ1) is 23.4. The summed E-state index contributed by atoms with van der Waals surface area (Å²) in [5.74, 6) is -1.60. The molecule has 1 heterocycles. The fourth-order valence-electron chi connectivity index (χ4n) is 6.00. The van der Waals surface area contributed by atoms with E-state index in [-0.39, 0.29) is 24.9 Å². The van der Waals surface area contributed by atoms with Gasteiger partial charge in [0, 0.05) is 25.0 Å². The van der Waals surface area contributed by atoms with Crippen LogP contribution in [-0.2, 0) is 32.0 Å². The van der Waals surface area contributed by atoms with E-state index in [1.165, 1.54) is 0 Å². The second-order valence-corrected chi connectivity index (χ2v) is 13.7. The van der Waals surface area contributed by atoms with Crippen molar-refractivity contribution in [1.82, 2.24) is 26.2 Å². The van der Waals surface area contributed by atoms with Gasteiger partial charge in [0.2, 0.25) is 23.6 Å². The van der Waals surface area contributed by atoms with Crippen LogP contribution in [0.2, 0.25) is 0 Å². The number of carbonyl (C=O) groups is 4. The number of carbonyl (C=O) groups excluding carboxylic acids is 4. The highest BCUT2D eigenvalue weighted by Gasteiger charge is 2.36. The summed E-state index contributed by atoms with van der Waals surface area (Å²) in [6, 6.07) is 15.1. The first kappa shape index (κ1) is 39.6. The number of piperidine rings is 1. The average molecular weight is 680 g/mol. The number of benzene rings is 2. The molecule has 9 N–H and O–H groups in total. The van der Waals surface area contributed by atoms with Crippen molar-refractivity contribution in [1.29, 1.82) is 0 Å². The third-order valence-corrected chi connectivity index (χ3v) is 9.06. The predicted molar refractivity (Wildman–Crippen MR) is 191 cm³/mol. The molecule has 4 atom stereocenters. The minimum Gasteiger partial charge on any atom is -0.394 e. The molecule has 0 spiro atoms. The van der Waals surface area contributed by atoms with Crippen LogP contribution in [0.25, 0.3) is 0 Å². The van der Waals surface area contributed by atoms with Crippen molar-refractivity contribution in [3.05, 3.63) is 71.8 Å². The first-order valence-electron chi connectivity index (χ1n) is 17.5. The maximum absolute atomic E-state index is 13.9. The number of hydrogen-bond donors (Lipinski definition) is 7. The molecule has 3 rings (SSSR count). The minimum absolute atomic E-state index is 0.0422. The topological polar surface area (TPSA) is 192 Å².